The first-order valence-corrected chi connectivity index (χ1v) is 29.0. The number of rotatable bonds is 19. The zero-order chi connectivity index (χ0) is 53.8. The Labute approximate surface area is 445 Å². The van der Waals surface area contributed by atoms with Crippen molar-refractivity contribution in [2.75, 3.05) is 84.5 Å². The number of aromatic nitrogens is 1. The van der Waals surface area contributed by atoms with Gasteiger partial charge in [0.1, 0.15) is 10.7 Å². The van der Waals surface area contributed by atoms with E-state index in [4.69, 9.17) is 11.6 Å². The second-order valence-electron chi connectivity index (χ2n) is 18.9. The van der Waals surface area contributed by atoms with Crippen molar-refractivity contribution >= 4 is 71.9 Å². The van der Waals surface area contributed by atoms with Crippen molar-refractivity contribution in [3.8, 4) is 22.4 Å². The summed E-state index contributed by atoms with van der Waals surface area (Å²) in [7, 11) is -10.7. The van der Waals surface area contributed by atoms with Gasteiger partial charge in [-0.1, -0.05) is 41.9 Å². The molecule has 75 heavy (non-hydrogen) atoms. The van der Waals surface area contributed by atoms with Crippen LogP contribution in [0.15, 0.2) is 130 Å². The monoisotopic (exact) mass is 1110 g/mol. The van der Waals surface area contributed by atoms with E-state index in [0.29, 0.717) is 96.8 Å². The molecular weight excluding hydrogens is 1050 g/mol. The SMILES string of the molecule is CCn1c(C)c(C(=O)O)c(-c2cc(F)cc(N3CCN(c4ccc(NS(=O)(=O)c5ccc(N[C@H](CCN6CCN(C(C)C)CC6)CSc6ccccc6)c(S(=O)(=O)C(F)(F)F)c5)cc4)CC3)c2)c1-c1ccc(Cl)cc1. The number of aromatic carboxylic acids is 1. The molecule has 8 rings (SSSR count). The number of nitrogens with zero attached hydrogens (tertiary/aromatic N) is 5. The molecule has 0 aliphatic carbocycles. The maximum Gasteiger partial charge on any atom is 0.501 e. The van der Waals surface area contributed by atoms with Crippen molar-refractivity contribution in [3.63, 3.8) is 0 Å². The number of sulfone groups is 1. The summed E-state index contributed by atoms with van der Waals surface area (Å²) in [6.45, 7) is 14.3. The third kappa shape index (κ3) is 12.7. The number of alkyl halides is 3. The van der Waals surface area contributed by atoms with Gasteiger partial charge in [0.2, 0.25) is 0 Å². The van der Waals surface area contributed by atoms with Crippen molar-refractivity contribution in [2.24, 2.45) is 0 Å². The maximum absolute atomic E-state index is 15.6. The minimum atomic E-state index is -6.03. The second-order valence-corrected chi connectivity index (χ2v) is 24.0. The van der Waals surface area contributed by atoms with Gasteiger partial charge in [-0.05, 0) is 130 Å². The molecule has 3 N–H and O–H groups in total. The number of carboxylic acids is 1. The summed E-state index contributed by atoms with van der Waals surface area (Å²) in [6.07, 6.45) is 0.479. The number of hydrogen-bond donors (Lipinski definition) is 3. The van der Waals surface area contributed by atoms with E-state index in [1.165, 1.54) is 36.0 Å². The highest BCUT2D eigenvalue weighted by molar-refractivity contribution is 7.99. The smallest absolute Gasteiger partial charge is 0.478 e. The van der Waals surface area contributed by atoms with Crippen LogP contribution in [0.1, 0.15) is 43.2 Å². The number of sulfonamides is 1. The normalized spacial score (nSPS) is 15.6. The predicted molar refractivity (Wildman–Crippen MR) is 291 cm³/mol. The van der Waals surface area contributed by atoms with Gasteiger partial charge in [0.15, 0.2) is 0 Å². The molecular formula is C54H60ClF4N7O6S3. The Hall–Kier alpha value is -5.77. The highest BCUT2D eigenvalue weighted by Gasteiger charge is 2.48. The van der Waals surface area contributed by atoms with Crippen molar-refractivity contribution < 1.29 is 44.3 Å². The summed E-state index contributed by atoms with van der Waals surface area (Å²) in [5.74, 6) is -1.28. The van der Waals surface area contributed by atoms with Crippen LogP contribution in [0.2, 0.25) is 5.02 Å². The molecule has 0 radical (unpaired) electrons. The van der Waals surface area contributed by atoms with Crippen molar-refractivity contribution in [3.05, 3.63) is 137 Å². The quantitative estimate of drug-likeness (QED) is 0.0524. The number of piperazine rings is 2. The van der Waals surface area contributed by atoms with Gasteiger partial charge in [-0.15, -0.1) is 11.8 Å². The number of nitrogens with one attached hydrogen (secondary N) is 2. The lowest BCUT2D eigenvalue weighted by Gasteiger charge is -2.37. The Balaban J connectivity index is 0.970. The average Bonchev–Trinajstić information content (AvgIpc) is 3.70. The Morgan fingerprint density at radius 2 is 1.43 bits per heavy atom. The lowest BCUT2D eigenvalue weighted by atomic mass is 9.96. The topological polar surface area (TPSA) is 148 Å². The molecule has 3 heterocycles. The molecule has 2 fully saturated rings. The number of anilines is 4. The average molecular weight is 1110 g/mol. The van der Waals surface area contributed by atoms with E-state index < -0.39 is 53.0 Å². The maximum atomic E-state index is 15.6. The molecule has 13 nitrogen and oxygen atoms in total. The van der Waals surface area contributed by atoms with Crippen LogP contribution in [0.25, 0.3) is 22.4 Å². The molecule has 0 spiro atoms. The summed E-state index contributed by atoms with van der Waals surface area (Å²) in [5, 5.41) is 14.0. The molecule has 0 saturated carbocycles. The number of carbonyl (C=O) groups is 1. The van der Waals surface area contributed by atoms with E-state index in [-0.39, 0.29) is 16.9 Å². The Kier molecular flexibility index (Phi) is 17.2. The summed E-state index contributed by atoms with van der Waals surface area (Å²) >= 11 is 7.68. The van der Waals surface area contributed by atoms with Crippen LogP contribution in [0, 0.1) is 12.7 Å². The standard InChI is InChI=1S/C54H60ClF4N7O6S3/c1-5-66-37(4)50(53(67)68)51(52(66)38-11-13-40(55)14-12-38)39-31-41(56)33-45(32-39)65-29-27-64(28-30-65)44-17-15-42(16-18-44)61-75(71,72)47-19-20-48(49(34-47)74(69,70)54(57,58)59)60-43(35-73-46-9-7-6-8-10-46)21-22-62-23-25-63(26-24-62)36(2)3/h6-20,31-34,36,43,60-61H,5,21-30,35H2,1-4H3,(H,67,68)/t43-/m1/s1. The van der Waals surface area contributed by atoms with Gasteiger partial charge < -0.3 is 29.7 Å². The molecule has 0 bridgehead atoms. The Morgan fingerprint density at radius 3 is 2.03 bits per heavy atom. The molecule has 5 aromatic carbocycles. The molecule has 2 aliphatic heterocycles. The van der Waals surface area contributed by atoms with Gasteiger partial charge in [0, 0.05) is 122 Å². The van der Waals surface area contributed by atoms with Crippen molar-refractivity contribution in [1.82, 2.24) is 14.4 Å². The molecule has 0 amide bonds. The lowest BCUT2D eigenvalue weighted by molar-refractivity contribution is -0.0436. The van der Waals surface area contributed by atoms with Crippen molar-refractivity contribution in [1.29, 1.82) is 0 Å². The first-order valence-electron chi connectivity index (χ1n) is 24.7. The van der Waals surface area contributed by atoms with Crippen LogP contribution in [0.5, 0.6) is 0 Å². The first kappa shape index (κ1) is 55.5. The summed E-state index contributed by atoms with van der Waals surface area (Å²) in [6, 6.07) is 30.1. The third-order valence-electron chi connectivity index (χ3n) is 13.8. The van der Waals surface area contributed by atoms with E-state index in [2.05, 4.69) is 38.6 Å². The highest BCUT2D eigenvalue weighted by atomic mass is 35.5. The molecule has 6 aromatic rings. The van der Waals surface area contributed by atoms with Gasteiger partial charge in [-0.3, -0.25) is 9.62 Å². The van der Waals surface area contributed by atoms with Crippen LogP contribution >= 0.6 is 23.4 Å². The zero-order valence-corrected chi connectivity index (χ0v) is 45.2. The van der Waals surface area contributed by atoms with Gasteiger partial charge in [-0.25, -0.2) is 26.0 Å². The minimum absolute atomic E-state index is 0.0778. The van der Waals surface area contributed by atoms with Gasteiger partial charge in [0.25, 0.3) is 19.9 Å². The van der Waals surface area contributed by atoms with E-state index in [1.807, 2.05) is 58.9 Å². The van der Waals surface area contributed by atoms with Crippen LogP contribution in [0.3, 0.4) is 0 Å². The van der Waals surface area contributed by atoms with Crippen LogP contribution in [-0.2, 0) is 26.4 Å². The molecule has 2 saturated heterocycles. The fourth-order valence-corrected chi connectivity index (χ4v) is 13.0. The highest BCUT2D eigenvalue weighted by Crippen LogP contribution is 2.42. The van der Waals surface area contributed by atoms with Crippen LogP contribution in [0.4, 0.5) is 40.3 Å². The van der Waals surface area contributed by atoms with Gasteiger partial charge in [-0.2, -0.15) is 13.2 Å². The molecule has 400 valence electrons. The van der Waals surface area contributed by atoms with E-state index >= 15 is 4.39 Å². The third-order valence-corrected chi connectivity index (χ3v) is 18.1. The fourth-order valence-electron chi connectivity index (χ4n) is 9.77. The number of hydrogen-bond acceptors (Lipinski definition) is 11. The van der Waals surface area contributed by atoms with Gasteiger partial charge in [0.05, 0.1) is 21.8 Å². The van der Waals surface area contributed by atoms with Crippen LogP contribution < -0.4 is 19.8 Å². The Bertz CT molecular complexity index is 3200. The number of carboxylic acid groups (broad SMARTS) is 1. The fraction of sp³-hybridized carbons (Fsp3) is 0.352. The zero-order valence-electron chi connectivity index (χ0n) is 41.9. The molecule has 2 aliphatic rings. The van der Waals surface area contributed by atoms with Crippen molar-refractivity contribution in [2.45, 2.75) is 72.9 Å². The predicted octanol–water partition coefficient (Wildman–Crippen LogP) is 11.1. The lowest BCUT2D eigenvalue weighted by Crippen LogP contribution is -2.49. The second kappa shape index (κ2) is 23.2. The largest absolute Gasteiger partial charge is 0.501 e. The molecule has 1 atom stereocenters. The number of thioether (sulfide) groups is 1. The molecule has 21 heteroatoms. The van der Waals surface area contributed by atoms with Gasteiger partial charge >= 0.3 is 11.5 Å². The summed E-state index contributed by atoms with van der Waals surface area (Å²) < 4.78 is 117. The number of halogens is 5. The van der Waals surface area contributed by atoms with E-state index in [1.54, 1.807) is 37.3 Å². The summed E-state index contributed by atoms with van der Waals surface area (Å²) in [5.41, 5.74) is -1.90. The first-order chi connectivity index (χ1) is 35.6. The van der Waals surface area contributed by atoms with E-state index in [0.717, 1.165) is 54.5 Å². The Morgan fingerprint density at radius 1 is 0.787 bits per heavy atom. The minimum Gasteiger partial charge on any atom is -0.478 e. The number of benzene rings is 5. The van der Waals surface area contributed by atoms with Crippen LogP contribution in [-0.4, -0.2) is 125 Å². The molecule has 1 aromatic heterocycles. The van der Waals surface area contributed by atoms with E-state index in [9.17, 15) is 39.9 Å². The molecule has 0 unspecified atom stereocenters. The summed E-state index contributed by atoms with van der Waals surface area (Å²) in [4.78, 5) is 20.5.